The van der Waals surface area contributed by atoms with E-state index in [4.69, 9.17) is 29.9 Å². The Morgan fingerprint density at radius 3 is 1.10 bits per heavy atom. The molecule has 0 saturated heterocycles. The van der Waals surface area contributed by atoms with Gasteiger partial charge in [0.2, 0.25) is 5.95 Å². The smallest absolute Gasteiger partial charge is 0.238 e. The Bertz CT molecular complexity index is 4260. The van der Waals surface area contributed by atoms with Crippen LogP contribution >= 0.6 is 0 Å². The van der Waals surface area contributed by atoms with Crippen LogP contribution in [-0.2, 0) is 0 Å². The Balaban J connectivity index is 1.02. The first-order valence-electron chi connectivity index (χ1n) is 24.4. The lowest BCUT2D eigenvalue weighted by atomic mass is 9.91. The van der Waals surface area contributed by atoms with E-state index in [9.17, 15) is 0 Å². The third kappa shape index (κ3) is 7.38. The van der Waals surface area contributed by atoms with E-state index < -0.39 is 0 Å². The van der Waals surface area contributed by atoms with Gasteiger partial charge in [-0.15, -0.1) is 0 Å². The molecular weight excluding hydrogens is 891 g/mol. The molecule has 73 heavy (non-hydrogen) atoms. The molecule has 14 rings (SSSR count). The van der Waals surface area contributed by atoms with Gasteiger partial charge in [0.05, 0.1) is 11.0 Å². The largest absolute Gasteiger partial charge is 0.278 e. The van der Waals surface area contributed by atoms with Gasteiger partial charge in [-0.1, -0.05) is 212 Å². The normalized spacial score (nSPS) is 11.6. The molecule has 0 fully saturated rings. The molecule has 7 heteroatoms. The highest BCUT2D eigenvalue weighted by molar-refractivity contribution is 6.36. The van der Waals surface area contributed by atoms with E-state index in [0.29, 0.717) is 35.1 Å². The van der Waals surface area contributed by atoms with Crippen LogP contribution in [0.25, 0.3) is 140 Å². The number of benzene rings is 11. The van der Waals surface area contributed by atoms with Crippen LogP contribution in [0.3, 0.4) is 0 Å². The SMILES string of the molecule is c1ccc(-c2cccc(-c3nc(-c4ccccc4)nc(-c4ccc5c6c4c4ccccc4c4cccc(c46)n5-c4nc(-c5cccc(-c6ccccc6)c5)nc(-c5cccc(-c6ccccc6)c5)n4)n3)c2)cc1. The van der Waals surface area contributed by atoms with Gasteiger partial charge in [-0.25, -0.2) is 19.9 Å². The second kappa shape index (κ2) is 17.5. The van der Waals surface area contributed by atoms with Gasteiger partial charge in [0.15, 0.2) is 29.1 Å². The Kier molecular flexibility index (Phi) is 10.0. The minimum Gasteiger partial charge on any atom is -0.278 e. The first-order chi connectivity index (χ1) is 36.2. The van der Waals surface area contributed by atoms with Crippen molar-refractivity contribution in [1.29, 1.82) is 0 Å². The van der Waals surface area contributed by atoms with E-state index >= 15 is 0 Å². The summed E-state index contributed by atoms with van der Waals surface area (Å²) in [6, 6.07) is 86.4. The van der Waals surface area contributed by atoms with Gasteiger partial charge in [0.25, 0.3) is 0 Å². The highest BCUT2D eigenvalue weighted by Crippen LogP contribution is 2.47. The van der Waals surface area contributed by atoms with Crippen molar-refractivity contribution in [3.8, 4) is 96.3 Å². The molecule has 3 heterocycles. The van der Waals surface area contributed by atoms with Crippen molar-refractivity contribution in [2.75, 3.05) is 0 Å². The molecule has 11 aromatic carbocycles. The van der Waals surface area contributed by atoms with Crippen molar-refractivity contribution in [2.45, 2.75) is 0 Å². The van der Waals surface area contributed by atoms with E-state index in [2.05, 4.69) is 217 Å². The maximum absolute atomic E-state index is 5.42. The maximum atomic E-state index is 5.42. The van der Waals surface area contributed by atoms with Crippen LogP contribution < -0.4 is 0 Å². The molecule has 0 saturated carbocycles. The van der Waals surface area contributed by atoms with Crippen LogP contribution in [0.5, 0.6) is 0 Å². The average molecular weight is 932 g/mol. The van der Waals surface area contributed by atoms with Crippen LogP contribution in [0.4, 0.5) is 0 Å². The van der Waals surface area contributed by atoms with Gasteiger partial charge < -0.3 is 0 Å². The third-order valence-electron chi connectivity index (χ3n) is 13.9. The minimum atomic E-state index is 0.518. The van der Waals surface area contributed by atoms with Gasteiger partial charge in [-0.2, -0.15) is 9.97 Å². The number of aromatic nitrogens is 7. The Labute approximate surface area is 420 Å². The zero-order valence-corrected chi connectivity index (χ0v) is 39.3. The summed E-state index contributed by atoms with van der Waals surface area (Å²) < 4.78 is 2.22. The second-order valence-corrected chi connectivity index (χ2v) is 18.3. The third-order valence-corrected chi connectivity index (χ3v) is 13.9. The first-order valence-corrected chi connectivity index (χ1v) is 24.4. The maximum Gasteiger partial charge on any atom is 0.238 e. The fourth-order valence-electron chi connectivity index (χ4n) is 10.5. The molecule has 340 valence electrons. The fourth-order valence-corrected chi connectivity index (χ4v) is 10.5. The molecule has 14 aromatic rings. The zero-order valence-electron chi connectivity index (χ0n) is 39.3. The van der Waals surface area contributed by atoms with Gasteiger partial charge in [0, 0.05) is 44.0 Å². The molecule has 0 radical (unpaired) electrons. The standard InChI is InChI=1S/C66H41N7/c1-5-19-42(20-6-1)46-27-15-30-49(39-46)62-67-61(45-25-11-4-12-26-45)69-65(70-62)55-37-38-57-60-58(55)53-34-14-13-33-52(53)54-35-18-36-56(59(54)60)73(57)66-71-63(50-31-16-28-47(40-50)43-21-7-2-8-22-43)68-64(72-66)51-32-17-29-48(41-51)44-23-9-3-10-24-44/h1-41H. The highest BCUT2D eigenvalue weighted by Gasteiger charge is 2.26. The number of nitrogens with zero attached hydrogens (tertiary/aromatic N) is 7. The molecule has 0 unspecified atom stereocenters. The van der Waals surface area contributed by atoms with Crippen LogP contribution in [0.2, 0.25) is 0 Å². The minimum absolute atomic E-state index is 0.518. The molecule has 0 aliphatic carbocycles. The van der Waals surface area contributed by atoms with Crippen LogP contribution in [0.15, 0.2) is 249 Å². The van der Waals surface area contributed by atoms with Crippen LogP contribution in [-0.4, -0.2) is 34.5 Å². The van der Waals surface area contributed by atoms with Crippen LogP contribution in [0, 0.1) is 0 Å². The summed E-state index contributed by atoms with van der Waals surface area (Å²) in [6.45, 7) is 0. The van der Waals surface area contributed by atoms with Gasteiger partial charge >= 0.3 is 0 Å². The molecule has 0 amide bonds. The quantitative estimate of drug-likeness (QED) is 0.134. The first kappa shape index (κ1) is 41.9. The van der Waals surface area contributed by atoms with Gasteiger partial charge in [0.1, 0.15) is 0 Å². The molecule has 3 aromatic heterocycles. The van der Waals surface area contributed by atoms with E-state index in [1.165, 1.54) is 0 Å². The Morgan fingerprint density at radius 1 is 0.219 bits per heavy atom. The van der Waals surface area contributed by atoms with E-state index in [-0.39, 0.29) is 0 Å². The average Bonchev–Trinajstić information content (AvgIpc) is 3.87. The van der Waals surface area contributed by atoms with Gasteiger partial charge in [-0.3, -0.25) is 4.57 Å². The molecule has 0 aliphatic heterocycles. The van der Waals surface area contributed by atoms with E-state index in [1.807, 2.05) is 36.4 Å². The lowest BCUT2D eigenvalue weighted by Crippen LogP contribution is -2.06. The van der Waals surface area contributed by atoms with Crippen molar-refractivity contribution in [3.05, 3.63) is 249 Å². The Morgan fingerprint density at radius 2 is 0.575 bits per heavy atom. The fraction of sp³-hybridized carbons (Fsp3) is 0. The van der Waals surface area contributed by atoms with Crippen molar-refractivity contribution < 1.29 is 0 Å². The van der Waals surface area contributed by atoms with E-state index in [1.54, 1.807) is 0 Å². The topological polar surface area (TPSA) is 82.3 Å². The van der Waals surface area contributed by atoms with Crippen molar-refractivity contribution in [2.24, 2.45) is 0 Å². The molecule has 7 nitrogen and oxygen atoms in total. The highest BCUT2D eigenvalue weighted by atomic mass is 15.2. The lowest BCUT2D eigenvalue weighted by Gasteiger charge is -2.14. The lowest BCUT2D eigenvalue weighted by molar-refractivity contribution is 0.954. The number of hydrogen-bond acceptors (Lipinski definition) is 6. The van der Waals surface area contributed by atoms with E-state index in [0.717, 1.165) is 105 Å². The van der Waals surface area contributed by atoms with Crippen LogP contribution in [0.1, 0.15) is 0 Å². The summed E-state index contributed by atoms with van der Waals surface area (Å²) in [4.78, 5) is 32.0. The summed E-state index contributed by atoms with van der Waals surface area (Å²) in [5.41, 5.74) is 13.0. The summed E-state index contributed by atoms with van der Waals surface area (Å²) in [6.07, 6.45) is 0. The molecule has 0 aliphatic rings. The monoisotopic (exact) mass is 931 g/mol. The summed E-state index contributed by atoms with van der Waals surface area (Å²) in [5.74, 6) is 3.45. The molecule has 0 spiro atoms. The summed E-state index contributed by atoms with van der Waals surface area (Å²) in [7, 11) is 0. The number of hydrogen-bond donors (Lipinski definition) is 0. The van der Waals surface area contributed by atoms with Crippen molar-refractivity contribution >= 4 is 43.4 Å². The summed E-state index contributed by atoms with van der Waals surface area (Å²) >= 11 is 0. The molecule has 0 bridgehead atoms. The molecule has 0 N–H and O–H groups in total. The van der Waals surface area contributed by atoms with Crippen molar-refractivity contribution in [3.63, 3.8) is 0 Å². The zero-order chi connectivity index (χ0) is 48.2. The predicted octanol–water partition coefficient (Wildman–Crippen LogP) is 16.2. The summed E-state index contributed by atoms with van der Waals surface area (Å²) in [5, 5.41) is 6.61. The van der Waals surface area contributed by atoms with Crippen molar-refractivity contribution in [1.82, 2.24) is 34.5 Å². The number of rotatable bonds is 9. The number of fused-ring (bicyclic) bond motifs is 3. The second-order valence-electron chi connectivity index (χ2n) is 18.3. The van der Waals surface area contributed by atoms with Gasteiger partial charge in [-0.05, 0) is 85.9 Å². The molecule has 0 atom stereocenters. The predicted molar refractivity (Wildman–Crippen MR) is 297 cm³/mol. The molecular formula is C66H41N7. The Hall–Kier alpha value is -9.98.